The Hall–Kier alpha value is -1.59. The molecule has 0 saturated carbocycles. The van der Waals surface area contributed by atoms with E-state index in [0.29, 0.717) is 25.8 Å². The minimum absolute atomic E-state index is 0.0825. The molecule has 0 aromatic heterocycles. The van der Waals surface area contributed by atoms with Gasteiger partial charge < -0.3 is 14.7 Å². The number of carboxylic acid groups (broad SMARTS) is 1. The molecule has 0 spiro atoms. The molecule has 0 heterocycles. The van der Waals surface area contributed by atoms with E-state index in [9.17, 15) is 14.4 Å². The van der Waals surface area contributed by atoms with E-state index in [1.54, 1.807) is 7.05 Å². The number of rotatable bonds is 8. The molecule has 6 nitrogen and oxygen atoms in total. The average Bonchev–Trinajstić information content (AvgIpc) is 2.30. The van der Waals surface area contributed by atoms with E-state index in [-0.39, 0.29) is 24.7 Å². The normalized spacial score (nSPS) is 9.76. The summed E-state index contributed by atoms with van der Waals surface area (Å²) in [5.74, 6) is -1.29. The predicted molar refractivity (Wildman–Crippen MR) is 60.4 cm³/mol. The van der Waals surface area contributed by atoms with Crippen LogP contribution in [0.1, 0.15) is 32.1 Å². The molecular weight excluding hydrogens is 226 g/mol. The molecule has 0 saturated heterocycles. The Bertz CT molecular complexity index is 277. The number of hydrogen-bond acceptors (Lipinski definition) is 4. The molecule has 98 valence electrons. The molecule has 6 heteroatoms. The van der Waals surface area contributed by atoms with E-state index in [2.05, 4.69) is 4.74 Å². The first-order valence-corrected chi connectivity index (χ1v) is 5.50. The molecule has 0 aliphatic heterocycles. The summed E-state index contributed by atoms with van der Waals surface area (Å²) in [6.07, 6.45) is 1.61. The second-order valence-electron chi connectivity index (χ2n) is 3.74. The van der Waals surface area contributed by atoms with Gasteiger partial charge in [0.1, 0.15) is 0 Å². The topological polar surface area (TPSA) is 83.9 Å². The molecular formula is C11H19NO5. The Labute approximate surface area is 101 Å². The van der Waals surface area contributed by atoms with E-state index in [0.717, 1.165) is 0 Å². The number of carbonyl (C=O) groups excluding carboxylic acids is 2. The molecule has 0 aliphatic carbocycles. The first-order valence-electron chi connectivity index (χ1n) is 5.50. The van der Waals surface area contributed by atoms with Crippen LogP contribution >= 0.6 is 0 Å². The highest BCUT2D eigenvalue weighted by molar-refractivity contribution is 5.77. The molecule has 0 aromatic carbocycles. The van der Waals surface area contributed by atoms with Crippen LogP contribution in [0.5, 0.6) is 0 Å². The van der Waals surface area contributed by atoms with Gasteiger partial charge in [-0.1, -0.05) is 0 Å². The van der Waals surface area contributed by atoms with E-state index < -0.39 is 5.97 Å². The lowest BCUT2D eigenvalue weighted by Gasteiger charge is -2.16. The third-order valence-corrected chi connectivity index (χ3v) is 2.34. The highest BCUT2D eigenvalue weighted by Crippen LogP contribution is 2.03. The van der Waals surface area contributed by atoms with Gasteiger partial charge in [0.05, 0.1) is 13.5 Å². The Morgan fingerprint density at radius 1 is 1.12 bits per heavy atom. The third kappa shape index (κ3) is 8.24. The molecule has 0 aromatic rings. The van der Waals surface area contributed by atoms with Crippen LogP contribution in [-0.2, 0) is 19.1 Å². The van der Waals surface area contributed by atoms with Crippen molar-refractivity contribution >= 4 is 17.8 Å². The van der Waals surface area contributed by atoms with Gasteiger partial charge in [-0.3, -0.25) is 14.4 Å². The monoisotopic (exact) mass is 245 g/mol. The summed E-state index contributed by atoms with van der Waals surface area (Å²) in [4.78, 5) is 34.1. The summed E-state index contributed by atoms with van der Waals surface area (Å²) in [5, 5.41) is 8.41. The summed E-state index contributed by atoms with van der Waals surface area (Å²) in [6, 6.07) is 0. The average molecular weight is 245 g/mol. The molecule has 0 fully saturated rings. The van der Waals surface area contributed by atoms with Gasteiger partial charge >= 0.3 is 11.9 Å². The highest BCUT2D eigenvalue weighted by Gasteiger charge is 2.10. The zero-order chi connectivity index (χ0) is 13.3. The Morgan fingerprint density at radius 2 is 1.71 bits per heavy atom. The molecule has 0 bridgehead atoms. The van der Waals surface area contributed by atoms with E-state index in [1.807, 2.05) is 0 Å². The predicted octanol–water partition coefficient (Wildman–Crippen LogP) is 0.653. The van der Waals surface area contributed by atoms with Crippen molar-refractivity contribution in [3.63, 3.8) is 0 Å². The number of ether oxygens (including phenoxy) is 1. The van der Waals surface area contributed by atoms with Gasteiger partial charge in [-0.15, -0.1) is 0 Å². The molecule has 1 N–H and O–H groups in total. The lowest BCUT2D eigenvalue weighted by atomic mass is 10.2. The van der Waals surface area contributed by atoms with Gasteiger partial charge in [0.15, 0.2) is 0 Å². The van der Waals surface area contributed by atoms with Crippen LogP contribution in [0.15, 0.2) is 0 Å². The summed E-state index contributed by atoms with van der Waals surface area (Å²) < 4.78 is 4.46. The van der Waals surface area contributed by atoms with Crippen molar-refractivity contribution in [2.24, 2.45) is 0 Å². The fourth-order valence-corrected chi connectivity index (χ4v) is 1.23. The van der Waals surface area contributed by atoms with Crippen LogP contribution < -0.4 is 0 Å². The van der Waals surface area contributed by atoms with Gasteiger partial charge in [0.2, 0.25) is 5.91 Å². The largest absolute Gasteiger partial charge is 0.481 e. The summed E-state index contributed by atoms with van der Waals surface area (Å²) in [6.45, 7) is 0.324. The zero-order valence-electron chi connectivity index (χ0n) is 10.3. The minimum Gasteiger partial charge on any atom is -0.481 e. The van der Waals surface area contributed by atoms with Crippen molar-refractivity contribution in [2.45, 2.75) is 32.1 Å². The zero-order valence-corrected chi connectivity index (χ0v) is 10.3. The molecule has 0 atom stereocenters. The van der Waals surface area contributed by atoms with Gasteiger partial charge in [0, 0.05) is 26.4 Å². The minimum atomic E-state index is -0.850. The van der Waals surface area contributed by atoms with Crippen molar-refractivity contribution in [2.75, 3.05) is 20.7 Å². The first kappa shape index (κ1) is 15.4. The third-order valence-electron chi connectivity index (χ3n) is 2.34. The SMILES string of the molecule is COC(=O)CCN(C)C(=O)CCCCC(=O)O. The number of aliphatic carboxylic acids is 1. The Kier molecular flexibility index (Phi) is 7.75. The Morgan fingerprint density at radius 3 is 2.24 bits per heavy atom. The fourth-order valence-electron chi connectivity index (χ4n) is 1.23. The molecule has 0 unspecified atom stereocenters. The quantitative estimate of drug-likeness (QED) is 0.501. The Balaban J connectivity index is 3.67. The van der Waals surface area contributed by atoms with Crippen LogP contribution in [-0.4, -0.2) is 48.6 Å². The number of nitrogens with zero attached hydrogens (tertiary/aromatic N) is 1. The lowest BCUT2D eigenvalue weighted by molar-refractivity contribution is -0.142. The standard InChI is InChI=1S/C11H19NO5/c1-12(8-7-11(16)17-2)9(13)5-3-4-6-10(14)15/h3-8H2,1-2H3,(H,14,15). The molecule has 1 amide bonds. The number of methoxy groups -OCH3 is 1. The van der Waals surface area contributed by atoms with Crippen molar-refractivity contribution in [3.8, 4) is 0 Å². The molecule has 0 aliphatic rings. The van der Waals surface area contributed by atoms with Gasteiger partial charge in [0.25, 0.3) is 0 Å². The maximum Gasteiger partial charge on any atom is 0.307 e. The van der Waals surface area contributed by atoms with Crippen LogP contribution in [0.25, 0.3) is 0 Å². The summed E-state index contributed by atoms with van der Waals surface area (Å²) >= 11 is 0. The van der Waals surface area contributed by atoms with Gasteiger partial charge in [-0.25, -0.2) is 0 Å². The van der Waals surface area contributed by atoms with Crippen LogP contribution in [0.3, 0.4) is 0 Å². The maximum atomic E-state index is 11.5. The van der Waals surface area contributed by atoms with E-state index in [1.165, 1.54) is 12.0 Å². The number of unbranched alkanes of at least 4 members (excludes halogenated alkanes) is 1. The molecule has 0 rings (SSSR count). The van der Waals surface area contributed by atoms with Crippen molar-refractivity contribution in [1.29, 1.82) is 0 Å². The van der Waals surface area contributed by atoms with E-state index >= 15 is 0 Å². The second-order valence-corrected chi connectivity index (χ2v) is 3.74. The first-order chi connectivity index (χ1) is 7.97. The number of carbonyl (C=O) groups is 3. The van der Waals surface area contributed by atoms with Crippen LogP contribution in [0.4, 0.5) is 0 Å². The van der Waals surface area contributed by atoms with Crippen LogP contribution in [0, 0.1) is 0 Å². The maximum absolute atomic E-state index is 11.5. The summed E-state index contributed by atoms with van der Waals surface area (Å²) in [7, 11) is 2.92. The lowest BCUT2D eigenvalue weighted by Crippen LogP contribution is -2.29. The van der Waals surface area contributed by atoms with E-state index in [4.69, 9.17) is 5.11 Å². The summed E-state index contributed by atoms with van der Waals surface area (Å²) in [5.41, 5.74) is 0. The van der Waals surface area contributed by atoms with Gasteiger partial charge in [-0.05, 0) is 12.8 Å². The molecule has 17 heavy (non-hydrogen) atoms. The van der Waals surface area contributed by atoms with Crippen molar-refractivity contribution in [1.82, 2.24) is 4.90 Å². The fraction of sp³-hybridized carbons (Fsp3) is 0.727. The van der Waals surface area contributed by atoms with Crippen molar-refractivity contribution < 1.29 is 24.2 Å². The second kappa shape index (κ2) is 8.55. The number of carboxylic acids is 1. The number of amides is 1. The van der Waals surface area contributed by atoms with Gasteiger partial charge in [-0.2, -0.15) is 0 Å². The number of hydrogen-bond donors (Lipinski definition) is 1. The molecule has 0 radical (unpaired) electrons. The highest BCUT2D eigenvalue weighted by atomic mass is 16.5. The smallest absolute Gasteiger partial charge is 0.307 e. The van der Waals surface area contributed by atoms with Crippen LogP contribution in [0.2, 0.25) is 0 Å². The number of esters is 1. The van der Waals surface area contributed by atoms with Crippen molar-refractivity contribution in [3.05, 3.63) is 0 Å².